The molecule has 0 aliphatic carbocycles. The van der Waals surface area contributed by atoms with Crippen LogP contribution in [0.25, 0.3) is 0 Å². The Morgan fingerprint density at radius 3 is 1.57 bits per heavy atom. The van der Waals surface area contributed by atoms with Crippen molar-refractivity contribution >= 4 is 0 Å². The van der Waals surface area contributed by atoms with Gasteiger partial charge in [-0.3, -0.25) is 0 Å². The van der Waals surface area contributed by atoms with Crippen molar-refractivity contribution in [3.05, 3.63) is 47.5 Å². The molecule has 4 nitrogen and oxygen atoms in total. The number of rotatable bonds is 6. The van der Waals surface area contributed by atoms with Crippen LogP contribution in [0.4, 0.5) is 0 Å². The predicted molar refractivity (Wildman–Crippen MR) is 90.5 cm³/mol. The molecule has 0 aliphatic heterocycles. The summed E-state index contributed by atoms with van der Waals surface area (Å²) in [6.45, 7) is 7.83. The molecule has 0 aromatic heterocycles. The van der Waals surface area contributed by atoms with Gasteiger partial charge in [-0.05, 0) is 51.0 Å². The molecule has 2 aromatic rings. The lowest BCUT2D eigenvalue weighted by atomic mass is 10.1. The molecule has 2 N–H and O–H groups in total. The van der Waals surface area contributed by atoms with E-state index in [1.807, 2.05) is 39.8 Å². The third-order valence-corrected chi connectivity index (χ3v) is 3.66. The molecule has 0 unspecified atom stereocenters. The first-order valence-electron chi connectivity index (χ1n) is 7.77. The van der Waals surface area contributed by atoms with Gasteiger partial charge in [-0.2, -0.15) is 0 Å². The second-order valence-corrected chi connectivity index (χ2v) is 5.99. The fourth-order valence-corrected chi connectivity index (χ4v) is 2.43. The van der Waals surface area contributed by atoms with E-state index >= 15 is 0 Å². The number of hydrogen-bond donors (Lipinski definition) is 2. The third-order valence-electron chi connectivity index (χ3n) is 3.66. The molecule has 0 heterocycles. The van der Waals surface area contributed by atoms with Crippen LogP contribution in [0, 0.1) is 13.8 Å². The molecular weight excluding hydrogens is 292 g/mol. The Bertz CT molecular complexity index is 609. The minimum absolute atomic E-state index is 0.0666. The van der Waals surface area contributed by atoms with Crippen LogP contribution in [0.5, 0.6) is 23.0 Å². The van der Waals surface area contributed by atoms with E-state index in [1.54, 1.807) is 24.3 Å². The standard InChI is InChI=1S/C19H24O4/c1-12-5-7-16(20)10-18(12)22-14(3)9-15(4)23-19-11-17(21)8-6-13(19)2/h5-8,10-11,14-15,20-21H,9H2,1-4H3/t14-,15-/m0/s1. The SMILES string of the molecule is Cc1ccc(O)cc1O[C@@H](C)C[C@H](C)Oc1cc(O)ccc1C. The van der Waals surface area contributed by atoms with Crippen LogP contribution in [-0.4, -0.2) is 22.4 Å². The van der Waals surface area contributed by atoms with Gasteiger partial charge in [0.1, 0.15) is 23.0 Å². The second kappa shape index (κ2) is 7.27. The van der Waals surface area contributed by atoms with Gasteiger partial charge in [-0.25, -0.2) is 0 Å². The topological polar surface area (TPSA) is 58.9 Å². The third kappa shape index (κ3) is 4.81. The van der Waals surface area contributed by atoms with Gasteiger partial charge in [0, 0.05) is 18.6 Å². The molecule has 4 heteroatoms. The molecule has 23 heavy (non-hydrogen) atoms. The molecule has 0 amide bonds. The van der Waals surface area contributed by atoms with Crippen molar-refractivity contribution in [3.8, 4) is 23.0 Å². The Labute approximate surface area is 137 Å². The first-order chi connectivity index (χ1) is 10.8. The highest BCUT2D eigenvalue weighted by molar-refractivity contribution is 5.40. The zero-order chi connectivity index (χ0) is 17.0. The number of aromatic hydroxyl groups is 2. The lowest BCUT2D eigenvalue weighted by Gasteiger charge is -2.22. The van der Waals surface area contributed by atoms with E-state index in [1.165, 1.54) is 0 Å². The summed E-state index contributed by atoms with van der Waals surface area (Å²) in [6.07, 6.45) is 0.552. The largest absolute Gasteiger partial charge is 0.508 e. The highest BCUT2D eigenvalue weighted by Gasteiger charge is 2.14. The number of phenols is 2. The normalized spacial score (nSPS) is 13.4. The molecule has 0 radical (unpaired) electrons. The molecular formula is C19H24O4. The van der Waals surface area contributed by atoms with E-state index in [-0.39, 0.29) is 23.7 Å². The Kier molecular flexibility index (Phi) is 5.37. The number of hydrogen-bond acceptors (Lipinski definition) is 4. The summed E-state index contributed by atoms with van der Waals surface area (Å²) < 4.78 is 11.8. The van der Waals surface area contributed by atoms with E-state index in [4.69, 9.17) is 9.47 Å². The van der Waals surface area contributed by atoms with Crippen molar-refractivity contribution in [1.29, 1.82) is 0 Å². The molecule has 0 saturated carbocycles. The van der Waals surface area contributed by atoms with E-state index in [2.05, 4.69) is 0 Å². The number of ether oxygens (including phenoxy) is 2. The molecule has 0 fully saturated rings. The van der Waals surface area contributed by atoms with Crippen LogP contribution in [0.2, 0.25) is 0 Å². The first-order valence-corrected chi connectivity index (χ1v) is 7.77. The number of aryl methyl sites for hydroxylation is 2. The molecule has 2 rings (SSSR count). The summed E-state index contributed by atoms with van der Waals surface area (Å²) in [6, 6.07) is 10.2. The first kappa shape index (κ1) is 17.0. The van der Waals surface area contributed by atoms with Gasteiger partial charge in [0.15, 0.2) is 0 Å². The van der Waals surface area contributed by atoms with Crippen molar-refractivity contribution in [2.45, 2.75) is 46.3 Å². The highest BCUT2D eigenvalue weighted by atomic mass is 16.5. The second-order valence-electron chi connectivity index (χ2n) is 5.99. The Morgan fingerprint density at radius 1 is 0.783 bits per heavy atom. The van der Waals surface area contributed by atoms with E-state index < -0.39 is 0 Å². The molecule has 0 bridgehead atoms. The Hall–Kier alpha value is -2.36. The fraction of sp³-hybridized carbons (Fsp3) is 0.368. The zero-order valence-corrected chi connectivity index (χ0v) is 14.0. The number of phenolic OH excluding ortho intramolecular Hbond substituents is 2. The van der Waals surface area contributed by atoms with Crippen molar-refractivity contribution in [2.75, 3.05) is 0 Å². The van der Waals surface area contributed by atoms with E-state index in [0.717, 1.165) is 11.1 Å². The summed E-state index contributed by atoms with van der Waals surface area (Å²) in [5.74, 6) is 1.74. The Balaban J connectivity index is 1.95. The smallest absolute Gasteiger partial charge is 0.126 e. The van der Waals surface area contributed by atoms with E-state index in [9.17, 15) is 10.2 Å². The molecule has 2 atom stereocenters. The van der Waals surface area contributed by atoms with Gasteiger partial charge in [-0.1, -0.05) is 12.1 Å². The maximum Gasteiger partial charge on any atom is 0.126 e. The van der Waals surface area contributed by atoms with E-state index in [0.29, 0.717) is 17.9 Å². The molecule has 2 aromatic carbocycles. The van der Waals surface area contributed by atoms with Gasteiger partial charge in [0.2, 0.25) is 0 Å². The van der Waals surface area contributed by atoms with Gasteiger partial charge in [0.05, 0.1) is 12.2 Å². The predicted octanol–water partition coefficient (Wildman–Crippen LogP) is 4.34. The zero-order valence-electron chi connectivity index (χ0n) is 14.0. The summed E-state index contributed by atoms with van der Waals surface area (Å²) in [7, 11) is 0. The van der Waals surface area contributed by atoms with Crippen LogP contribution < -0.4 is 9.47 Å². The maximum absolute atomic E-state index is 9.56. The molecule has 0 spiro atoms. The summed E-state index contributed by atoms with van der Waals surface area (Å²) in [5, 5.41) is 19.1. The minimum Gasteiger partial charge on any atom is -0.508 e. The lowest BCUT2D eigenvalue weighted by molar-refractivity contribution is 0.129. The molecule has 0 aliphatic rings. The summed E-state index contributed by atoms with van der Waals surface area (Å²) >= 11 is 0. The minimum atomic E-state index is -0.0666. The average molecular weight is 316 g/mol. The fourth-order valence-electron chi connectivity index (χ4n) is 2.43. The van der Waals surface area contributed by atoms with Crippen LogP contribution in [0.15, 0.2) is 36.4 Å². The van der Waals surface area contributed by atoms with Crippen molar-refractivity contribution in [3.63, 3.8) is 0 Å². The van der Waals surface area contributed by atoms with Crippen LogP contribution in [-0.2, 0) is 0 Å². The summed E-state index contributed by atoms with van der Waals surface area (Å²) in [4.78, 5) is 0. The van der Waals surface area contributed by atoms with Gasteiger partial charge in [-0.15, -0.1) is 0 Å². The quantitative estimate of drug-likeness (QED) is 0.832. The van der Waals surface area contributed by atoms with Gasteiger partial charge >= 0.3 is 0 Å². The molecule has 124 valence electrons. The average Bonchev–Trinajstić information content (AvgIpc) is 2.46. The van der Waals surface area contributed by atoms with Crippen molar-refractivity contribution in [2.24, 2.45) is 0 Å². The van der Waals surface area contributed by atoms with Gasteiger partial charge < -0.3 is 19.7 Å². The van der Waals surface area contributed by atoms with Crippen LogP contribution >= 0.6 is 0 Å². The maximum atomic E-state index is 9.56. The molecule has 0 saturated heterocycles. The Morgan fingerprint density at radius 2 is 1.17 bits per heavy atom. The number of benzene rings is 2. The van der Waals surface area contributed by atoms with Crippen LogP contribution in [0.3, 0.4) is 0 Å². The monoisotopic (exact) mass is 316 g/mol. The van der Waals surface area contributed by atoms with Crippen LogP contribution in [0.1, 0.15) is 31.4 Å². The summed E-state index contributed by atoms with van der Waals surface area (Å²) in [5.41, 5.74) is 1.96. The van der Waals surface area contributed by atoms with Gasteiger partial charge in [0.25, 0.3) is 0 Å². The lowest BCUT2D eigenvalue weighted by Crippen LogP contribution is -2.23. The van der Waals surface area contributed by atoms with Crippen molar-refractivity contribution in [1.82, 2.24) is 0 Å². The highest BCUT2D eigenvalue weighted by Crippen LogP contribution is 2.27. The van der Waals surface area contributed by atoms with Crippen molar-refractivity contribution < 1.29 is 19.7 Å².